The summed E-state index contributed by atoms with van der Waals surface area (Å²) in [5, 5.41) is 1.46. The van der Waals surface area contributed by atoms with Crippen LogP contribution in [0.1, 0.15) is 11.1 Å². The fourth-order valence-electron chi connectivity index (χ4n) is 1.26. The first-order valence-electron chi connectivity index (χ1n) is 5.15. The van der Waals surface area contributed by atoms with Gasteiger partial charge in [0.2, 0.25) is 0 Å². The highest BCUT2D eigenvalue weighted by atomic mass is 19.4. The maximum atomic E-state index is 12.6. The Labute approximate surface area is 108 Å². The molecule has 112 valence electrons. The quantitative estimate of drug-likeness (QED) is 0.850. The van der Waals surface area contributed by atoms with Crippen LogP contribution in [0.5, 0.6) is 0 Å². The number of halogens is 7. The number of carbonyl (C=O) groups excluding carboxylic acids is 1. The first-order chi connectivity index (χ1) is 9.05. The summed E-state index contributed by atoms with van der Waals surface area (Å²) < 4.78 is 85.9. The molecule has 20 heavy (non-hydrogen) atoms. The number of hydrogen-bond donors (Lipinski definition) is 1. The van der Waals surface area contributed by atoms with E-state index in [1.807, 2.05) is 0 Å². The second-order valence-electron chi connectivity index (χ2n) is 3.80. The molecule has 0 aromatic heterocycles. The number of rotatable bonds is 4. The van der Waals surface area contributed by atoms with Crippen LogP contribution in [0.25, 0.3) is 0 Å². The van der Waals surface area contributed by atoms with E-state index in [0.717, 1.165) is 18.2 Å². The third-order valence-corrected chi connectivity index (χ3v) is 2.28. The van der Waals surface area contributed by atoms with Crippen LogP contribution in [0.2, 0.25) is 0 Å². The topological polar surface area (TPSA) is 29.1 Å². The Morgan fingerprint density at radius 2 is 1.75 bits per heavy atom. The Hall–Kier alpha value is -1.80. The van der Waals surface area contributed by atoms with Crippen LogP contribution in [-0.2, 0) is 17.5 Å². The van der Waals surface area contributed by atoms with Gasteiger partial charge in [0, 0.05) is 6.54 Å². The molecule has 1 aromatic carbocycles. The van der Waals surface area contributed by atoms with Crippen molar-refractivity contribution in [3.63, 3.8) is 0 Å². The first-order valence-corrected chi connectivity index (χ1v) is 5.15. The molecule has 1 N–H and O–H groups in total. The maximum absolute atomic E-state index is 12.6. The number of nitrogens with one attached hydrogen (secondary N) is 1. The van der Waals surface area contributed by atoms with Gasteiger partial charge in [-0.3, -0.25) is 4.79 Å². The Balaban J connectivity index is 2.74. The fourth-order valence-corrected chi connectivity index (χ4v) is 1.26. The second kappa shape index (κ2) is 5.68. The molecular formula is C11H8F7NO. The van der Waals surface area contributed by atoms with Gasteiger partial charge >= 0.3 is 18.5 Å². The average Bonchev–Trinajstić information content (AvgIpc) is 2.35. The van der Waals surface area contributed by atoms with Crippen LogP contribution in [0.4, 0.5) is 30.7 Å². The predicted molar refractivity (Wildman–Crippen MR) is 54.2 cm³/mol. The summed E-state index contributed by atoms with van der Waals surface area (Å²) >= 11 is 0. The Bertz CT molecular complexity index is 484. The Morgan fingerprint density at radius 3 is 2.25 bits per heavy atom. The molecule has 0 heterocycles. The summed E-state index contributed by atoms with van der Waals surface area (Å²) in [5.74, 6) is -7.13. The van der Waals surface area contributed by atoms with Crippen LogP contribution in [-0.4, -0.2) is 18.3 Å². The van der Waals surface area contributed by atoms with Gasteiger partial charge in [-0.15, -0.1) is 0 Å². The first kappa shape index (κ1) is 16.3. The van der Waals surface area contributed by atoms with Gasteiger partial charge in [-0.2, -0.15) is 22.0 Å². The molecule has 1 amide bonds. The molecule has 0 aliphatic carbocycles. The van der Waals surface area contributed by atoms with Gasteiger partial charge in [0.25, 0.3) is 5.91 Å². The third-order valence-electron chi connectivity index (χ3n) is 2.28. The predicted octanol–water partition coefficient (Wildman–Crippen LogP) is 3.22. The van der Waals surface area contributed by atoms with Crippen molar-refractivity contribution in [2.45, 2.75) is 25.1 Å². The molecule has 1 aromatic rings. The zero-order valence-electron chi connectivity index (χ0n) is 9.65. The van der Waals surface area contributed by atoms with Gasteiger partial charge in [-0.25, -0.2) is 8.78 Å². The molecule has 0 bridgehead atoms. The zero-order chi connectivity index (χ0) is 15.6. The Kier molecular flexibility index (Phi) is 4.61. The van der Waals surface area contributed by atoms with Crippen molar-refractivity contribution in [3.8, 4) is 0 Å². The van der Waals surface area contributed by atoms with E-state index in [2.05, 4.69) is 0 Å². The summed E-state index contributed by atoms with van der Waals surface area (Å²) in [5.41, 5.74) is -1.18. The lowest BCUT2D eigenvalue weighted by atomic mass is 10.1. The molecule has 0 fully saturated rings. The van der Waals surface area contributed by atoms with Crippen LogP contribution in [0, 0.1) is 0 Å². The van der Waals surface area contributed by atoms with Crippen molar-refractivity contribution < 1.29 is 35.5 Å². The lowest BCUT2D eigenvalue weighted by Gasteiger charge is -2.15. The van der Waals surface area contributed by atoms with E-state index in [9.17, 15) is 35.5 Å². The molecule has 0 atom stereocenters. The summed E-state index contributed by atoms with van der Waals surface area (Å²) in [7, 11) is 0. The summed E-state index contributed by atoms with van der Waals surface area (Å²) in [6, 6.07) is 3.52. The second-order valence-corrected chi connectivity index (χ2v) is 3.80. The molecule has 0 spiro atoms. The van der Waals surface area contributed by atoms with E-state index in [-0.39, 0.29) is 5.56 Å². The molecule has 1 rings (SSSR count). The van der Waals surface area contributed by atoms with Gasteiger partial charge in [-0.1, -0.05) is 12.1 Å². The summed E-state index contributed by atoms with van der Waals surface area (Å²) in [6.45, 7) is -0.717. The largest absolute Gasteiger partial charge is 0.416 e. The van der Waals surface area contributed by atoms with Crippen molar-refractivity contribution in [1.82, 2.24) is 5.32 Å². The molecule has 0 aliphatic heterocycles. The van der Waals surface area contributed by atoms with E-state index in [0.29, 0.717) is 6.07 Å². The van der Waals surface area contributed by atoms with Gasteiger partial charge in [0.1, 0.15) is 0 Å². The van der Waals surface area contributed by atoms with Crippen LogP contribution >= 0.6 is 0 Å². The smallest absolute Gasteiger partial charge is 0.347 e. The molecule has 9 heteroatoms. The molecule has 0 radical (unpaired) electrons. The van der Waals surface area contributed by atoms with Gasteiger partial charge in [-0.05, 0) is 17.7 Å². The third kappa shape index (κ3) is 3.84. The number of hydrogen-bond acceptors (Lipinski definition) is 1. The van der Waals surface area contributed by atoms with Crippen molar-refractivity contribution in [1.29, 1.82) is 0 Å². The van der Waals surface area contributed by atoms with Gasteiger partial charge in [0.05, 0.1) is 5.56 Å². The minimum Gasteiger partial charge on any atom is -0.347 e. The highest BCUT2D eigenvalue weighted by Gasteiger charge is 2.48. The van der Waals surface area contributed by atoms with E-state index in [1.165, 1.54) is 5.32 Å². The van der Waals surface area contributed by atoms with Gasteiger partial charge < -0.3 is 5.32 Å². The number of alkyl halides is 7. The Morgan fingerprint density at radius 1 is 1.15 bits per heavy atom. The molecule has 2 nitrogen and oxygen atoms in total. The summed E-state index contributed by atoms with van der Waals surface area (Å²) in [4.78, 5) is 10.8. The van der Waals surface area contributed by atoms with Crippen molar-refractivity contribution in [3.05, 3.63) is 35.4 Å². The number of amides is 1. The number of benzene rings is 1. The lowest BCUT2D eigenvalue weighted by molar-refractivity contribution is -0.169. The number of carbonyl (C=O) groups is 1. The minimum absolute atomic E-state index is 0.141. The average molecular weight is 303 g/mol. The van der Waals surface area contributed by atoms with E-state index >= 15 is 0 Å². The summed E-state index contributed by atoms with van der Waals surface area (Å²) in [6.07, 6.45) is -8.82. The van der Waals surface area contributed by atoms with Crippen LogP contribution < -0.4 is 5.32 Å². The highest BCUT2D eigenvalue weighted by Crippen LogP contribution is 2.29. The van der Waals surface area contributed by atoms with E-state index in [4.69, 9.17) is 0 Å². The fraction of sp³-hybridized carbons (Fsp3) is 0.364. The molecule has 0 aliphatic rings. The molecular weight excluding hydrogens is 295 g/mol. The van der Waals surface area contributed by atoms with Crippen molar-refractivity contribution in [2.24, 2.45) is 0 Å². The maximum Gasteiger partial charge on any atom is 0.416 e. The van der Waals surface area contributed by atoms with Crippen molar-refractivity contribution in [2.75, 3.05) is 0 Å². The highest BCUT2D eigenvalue weighted by molar-refractivity contribution is 5.83. The monoisotopic (exact) mass is 303 g/mol. The van der Waals surface area contributed by atoms with Crippen LogP contribution in [0.15, 0.2) is 24.3 Å². The van der Waals surface area contributed by atoms with E-state index in [1.54, 1.807) is 0 Å². The minimum atomic E-state index is -4.89. The van der Waals surface area contributed by atoms with E-state index < -0.39 is 36.5 Å². The standard InChI is InChI=1S/C11H8F7NO/c12-8(13)10(14,15)9(20)19-5-6-2-1-3-7(4-6)11(16,17)18/h1-4,8H,5H2,(H,19,20). The molecule has 0 saturated carbocycles. The SMILES string of the molecule is O=C(NCc1cccc(C(F)(F)F)c1)C(F)(F)C(F)F. The van der Waals surface area contributed by atoms with Gasteiger partial charge in [0.15, 0.2) is 0 Å². The molecule has 0 unspecified atom stereocenters. The zero-order valence-corrected chi connectivity index (χ0v) is 9.65. The van der Waals surface area contributed by atoms with Crippen LogP contribution in [0.3, 0.4) is 0 Å². The van der Waals surface area contributed by atoms with Crippen molar-refractivity contribution >= 4 is 5.91 Å². The lowest BCUT2D eigenvalue weighted by Crippen LogP contribution is -2.44. The normalized spacial score (nSPS) is 12.6. The molecule has 0 saturated heterocycles.